The van der Waals surface area contributed by atoms with Crippen LogP contribution in [0.5, 0.6) is 0 Å². The van der Waals surface area contributed by atoms with E-state index in [9.17, 15) is 9.59 Å². The van der Waals surface area contributed by atoms with Gasteiger partial charge in [-0.2, -0.15) is 0 Å². The fourth-order valence-corrected chi connectivity index (χ4v) is 5.83. The van der Waals surface area contributed by atoms with Gasteiger partial charge >= 0.3 is 0 Å². The van der Waals surface area contributed by atoms with Gasteiger partial charge in [-0.25, -0.2) is 0 Å². The van der Waals surface area contributed by atoms with Gasteiger partial charge in [0.1, 0.15) is 0 Å². The molecule has 2 amide bonds. The van der Waals surface area contributed by atoms with Crippen LogP contribution in [0.1, 0.15) is 59.3 Å². The number of hydrogen-bond acceptors (Lipinski definition) is 2. The van der Waals surface area contributed by atoms with Crippen LogP contribution < -0.4 is 0 Å². The number of aryl methyl sites for hydroxylation is 2. The molecular formula is C36H32N2O2. The molecule has 0 bridgehead atoms. The Morgan fingerprint density at radius 3 is 1.12 bits per heavy atom. The molecule has 2 unspecified atom stereocenters. The monoisotopic (exact) mass is 524 g/mol. The van der Waals surface area contributed by atoms with Crippen LogP contribution in [0.25, 0.3) is 11.4 Å². The number of rotatable bonds is 6. The molecule has 2 aliphatic rings. The Hall–Kier alpha value is -4.70. The smallest absolute Gasteiger partial charge is 0.261 e. The Labute approximate surface area is 235 Å². The second-order valence-corrected chi connectivity index (χ2v) is 10.7. The van der Waals surface area contributed by atoms with Crippen LogP contribution in [0, 0.1) is 13.8 Å². The maximum Gasteiger partial charge on any atom is 0.261 e. The lowest BCUT2D eigenvalue weighted by molar-refractivity contribution is -0.125. The molecule has 0 fully saturated rings. The van der Waals surface area contributed by atoms with Crippen LogP contribution in [0.4, 0.5) is 0 Å². The summed E-state index contributed by atoms with van der Waals surface area (Å²) in [5, 5.41) is 0. The van der Waals surface area contributed by atoms with Crippen molar-refractivity contribution in [1.29, 1.82) is 0 Å². The molecule has 0 radical (unpaired) electrons. The van der Waals surface area contributed by atoms with Gasteiger partial charge < -0.3 is 0 Å². The third-order valence-electron chi connectivity index (χ3n) is 8.06. The molecule has 4 aromatic carbocycles. The van der Waals surface area contributed by atoms with E-state index in [2.05, 4.69) is 0 Å². The molecule has 198 valence electrons. The highest BCUT2D eigenvalue weighted by atomic mass is 16.2. The van der Waals surface area contributed by atoms with Gasteiger partial charge in [0, 0.05) is 0 Å². The zero-order valence-electron chi connectivity index (χ0n) is 23.3. The van der Waals surface area contributed by atoms with Gasteiger partial charge in [-0.1, -0.05) is 120 Å². The Morgan fingerprint density at radius 2 is 0.800 bits per heavy atom. The normalized spacial score (nSPS) is 16.6. The van der Waals surface area contributed by atoms with Gasteiger partial charge in [0.25, 0.3) is 11.8 Å². The molecule has 0 N–H and O–H groups in total. The highest BCUT2D eigenvalue weighted by molar-refractivity contribution is 6.30. The van der Waals surface area contributed by atoms with E-state index in [1.807, 2.05) is 147 Å². The first-order valence-electron chi connectivity index (χ1n) is 13.8. The van der Waals surface area contributed by atoms with E-state index in [0.717, 1.165) is 33.4 Å². The molecule has 4 aromatic rings. The third-order valence-corrected chi connectivity index (χ3v) is 8.06. The predicted molar refractivity (Wildman–Crippen MR) is 160 cm³/mol. The van der Waals surface area contributed by atoms with Crippen molar-refractivity contribution in [3.8, 4) is 0 Å². The highest BCUT2D eigenvalue weighted by Gasteiger charge is 2.51. The van der Waals surface area contributed by atoms with Crippen LogP contribution in [-0.4, -0.2) is 21.6 Å². The predicted octanol–water partition coefficient (Wildman–Crippen LogP) is 7.63. The number of fused-ring (bicyclic) bond motifs is 1. The SMILES string of the molecule is Cc1ccc(C2=C3C(=O)N(C(C)c4ccccc4)C(c4ccc(C)cc4)=C3C(=O)N2C(C)c2ccccc2)cc1. The molecule has 4 heteroatoms. The van der Waals surface area contributed by atoms with Crippen molar-refractivity contribution in [2.75, 3.05) is 0 Å². The van der Waals surface area contributed by atoms with Gasteiger partial charge in [0.15, 0.2) is 0 Å². The largest absolute Gasteiger partial charge is 0.300 e. The molecule has 0 saturated carbocycles. The first-order valence-corrected chi connectivity index (χ1v) is 13.8. The van der Waals surface area contributed by atoms with Crippen molar-refractivity contribution < 1.29 is 9.59 Å². The van der Waals surface area contributed by atoms with Crippen molar-refractivity contribution in [1.82, 2.24) is 9.80 Å². The summed E-state index contributed by atoms with van der Waals surface area (Å²) in [6.07, 6.45) is 0. The molecule has 0 aliphatic carbocycles. The van der Waals surface area contributed by atoms with Crippen LogP contribution in [0.15, 0.2) is 120 Å². The van der Waals surface area contributed by atoms with E-state index in [-0.39, 0.29) is 23.9 Å². The van der Waals surface area contributed by atoms with Crippen LogP contribution >= 0.6 is 0 Å². The van der Waals surface area contributed by atoms with Gasteiger partial charge in [0.05, 0.1) is 34.6 Å². The first kappa shape index (κ1) is 25.6. The van der Waals surface area contributed by atoms with E-state index in [1.165, 1.54) is 0 Å². The van der Waals surface area contributed by atoms with Crippen LogP contribution in [0.3, 0.4) is 0 Å². The number of nitrogens with zero attached hydrogens (tertiary/aromatic N) is 2. The average Bonchev–Trinajstić information content (AvgIpc) is 3.45. The van der Waals surface area contributed by atoms with Gasteiger partial charge in [-0.3, -0.25) is 19.4 Å². The molecule has 0 saturated heterocycles. The minimum Gasteiger partial charge on any atom is -0.300 e. The zero-order chi connectivity index (χ0) is 28.0. The van der Waals surface area contributed by atoms with E-state index in [0.29, 0.717) is 22.5 Å². The fourth-order valence-electron chi connectivity index (χ4n) is 5.83. The van der Waals surface area contributed by atoms with Crippen molar-refractivity contribution in [3.05, 3.63) is 154 Å². The van der Waals surface area contributed by atoms with Crippen LogP contribution in [0.2, 0.25) is 0 Å². The summed E-state index contributed by atoms with van der Waals surface area (Å²) in [7, 11) is 0. The quantitative estimate of drug-likeness (QED) is 0.260. The Morgan fingerprint density at radius 1 is 0.475 bits per heavy atom. The van der Waals surface area contributed by atoms with E-state index in [1.54, 1.807) is 0 Å². The Bertz CT molecular complexity index is 1520. The average molecular weight is 525 g/mol. The number of carbonyl (C=O) groups is 2. The summed E-state index contributed by atoms with van der Waals surface area (Å²) < 4.78 is 0. The number of hydrogen-bond donors (Lipinski definition) is 0. The van der Waals surface area contributed by atoms with Gasteiger partial charge in [-0.15, -0.1) is 0 Å². The van der Waals surface area contributed by atoms with E-state index >= 15 is 0 Å². The molecule has 2 aliphatic heterocycles. The fraction of sp³-hybridized carbons (Fsp3) is 0.167. The number of benzene rings is 4. The summed E-state index contributed by atoms with van der Waals surface area (Å²) in [6.45, 7) is 8.14. The van der Waals surface area contributed by atoms with E-state index < -0.39 is 0 Å². The van der Waals surface area contributed by atoms with Crippen molar-refractivity contribution in [3.63, 3.8) is 0 Å². The van der Waals surface area contributed by atoms with Crippen molar-refractivity contribution >= 4 is 23.2 Å². The third kappa shape index (κ3) is 4.17. The summed E-state index contributed by atoms with van der Waals surface area (Å²) in [6, 6.07) is 35.7. The van der Waals surface area contributed by atoms with Gasteiger partial charge in [0.2, 0.25) is 0 Å². The highest BCUT2D eigenvalue weighted by Crippen LogP contribution is 2.51. The molecule has 6 rings (SSSR count). The summed E-state index contributed by atoms with van der Waals surface area (Å²) >= 11 is 0. The molecule has 0 spiro atoms. The summed E-state index contributed by atoms with van der Waals surface area (Å²) in [5.41, 5.74) is 8.30. The lowest BCUT2D eigenvalue weighted by Crippen LogP contribution is -2.32. The first-order chi connectivity index (χ1) is 19.4. The lowest BCUT2D eigenvalue weighted by atomic mass is 10.0. The molecule has 0 aromatic heterocycles. The lowest BCUT2D eigenvalue weighted by Gasteiger charge is -2.32. The number of amides is 2. The molecule has 2 heterocycles. The second kappa shape index (κ2) is 10.1. The Balaban J connectivity index is 1.62. The summed E-state index contributed by atoms with van der Waals surface area (Å²) in [4.78, 5) is 32.8. The maximum absolute atomic E-state index is 14.6. The standard InChI is InChI=1S/C36H32N2O2/c1-23-15-19-29(20-16-23)33-31-32(36(40)37(33)25(3)27-11-7-5-8-12-27)34(30-21-17-24(2)18-22-30)38(35(31)39)26(4)28-13-9-6-10-14-28/h5-22,25-26H,1-4H3. The minimum absolute atomic E-state index is 0.145. The van der Waals surface area contributed by atoms with Crippen molar-refractivity contribution in [2.24, 2.45) is 0 Å². The topological polar surface area (TPSA) is 40.6 Å². The zero-order valence-corrected chi connectivity index (χ0v) is 23.3. The molecule has 40 heavy (non-hydrogen) atoms. The molecular weight excluding hydrogens is 492 g/mol. The Kier molecular flexibility index (Phi) is 6.47. The van der Waals surface area contributed by atoms with Gasteiger partial charge in [-0.05, 0) is 49.9 Å². The summed E-state index contributed by atoms with van der Waals surface area (Å²) in [5.74, 6) is -0.290. The number of carbonyl (C=O) groups excluding carboxylic acids is 2. The van der Waals surface area contributed by atoms with Crippen molar-refractivity contribution in [2.45, 2.75) is 39.8 Å². The molecule has 4 nitrogen and oxygen atoms in total. The minimum atomic E-state index is -0.261. The molecule has 2 atom stereocenters. The van der Waals surface area contributed by atoms with Crippen LogP contribution in [-0.2, 0) is 9.59 Å². The van der Waals surface area contributed by atoms with E-state index in [4.69, 9.17) is 0 Å². The second-order valence-electron chi connectivity index (χ2n) is 10.7. The maximum atomic E-state index is 14.6.